The third-order valence-electron chi connectivity index (χ3n) is 3.68. The topological polar surface area (TPSA) is 63.5 Å². The minimum Gasteiger partial charge on any atom is -0.321 e. The van der Waals surface area contributed by atoms with Gasteiger partial charge in [0.05, 0.1) is 5.52 Å². The van der Waals surface area contributed by atoms with E-state index in [9.17, 15) is 9.59 Å². The summed E-state index contributed by atoms with van der Waals surface area (Å²) in [6.45, 7) is 3.50. The van der Waals surface area contributed by atoms with E-state index in [1.165, 1.54) is 6.92 Å². The zero-order valence-electron chi connectivity index (χ0n) is 13.0. The molecule has 116 valence electrons. The maximum atomic E-state index is 12.6. The summed E-state index contributed by atoms with van der Waals surface area (Å²) in [6, 6.07) is 12.5. The molecule has 0 saturated heterocycles. The van der Waals surface area contributed by atoms with Gasteiger partial charge in [-0.15, -0.1) is 0 Å². The minimum absolute atomic E-state index is 0.0400. The number of rotatable bonds is 4. The number of carbonyl (C=O) groups excluding carboxylic acids is 2. The first-order valence-corrected chi connectivity index (χ1v) is 7.48. The van der Waals surface area contributed by atoms with Crippen LogP contribution in [-0.4, -0.2) is 21.1 Å². The Morgan fingerprint density at radius 3 is 2.74 bits per heavy atom. The van der Waals surface area contributed by atoms with Crippen molar-refractivity contribution >= 4 is 22.9 Å². The highest BCUT2D eigenvalue weighted by Crippen LogP contribution is 2.17. The van der Waals surface area contributed by atoms with Crippen LogP contribution < -0.4 is 5.32 Å². The predicted octanol–water partition coefficient (Wildman–Crippen LogP) is 3.35. The number of carbonyl (C=O) groups is 2. The molecule has 1 amide bonds. The number of amides is 1. The van der Waals surface area contributed by atoms with Crippen molar-refractivity contribution in [2.24, 2.45) is 0 Å². The summed E-state index contributed by atoms with van der Waals surface area (Å²) < 4.78 is 1.92. The Bertz CT molecular complexity index is 896. The number of aromatic nitrogens is 2. The first-order chi connectivity index (χ1) is 11.1. The van der Waals surface area contributed by atoms with Gasteiger partial charge in [0.25, 0.3) is 5.91 Å². The highest BCUT2D eigenvalue weighted by atomic mass is 16.2. The number of anilines is 1. The van der Waals surface area contributed by atoms with E-state index in [-0.39, 0.29) is 11.7 Å². The molecule has 23 heavy (non-hydrogen) atoms. The summed E-state index contributed by atoms with van der Waals surface area (Å²) in [5, 5.41) is 2.82. The lowest BCUT2D eigenvalue weighted by Gasteiger charge is -2.05. The number of imidazole rings is 1. The molecule has 0 fully saturated rings. The van der Waals surface area contributed by atoms with Crippen LogP contribution in [-0.2, 0) is 6.42 Å². The molecule has 0 aliphatic carbocycles. The van der Waals surface area contributed by atoms with Gasteiger partial charge < -0.3 is 9.72 Å². The molecule has 0 saturated carbocycles. The molecule has 0 aliphatic rings. The lowest BCUT2D eigenvalue weighted by molar-refractivity contribution is 0.101. The summed E-state index contributed by atoms with van der Waals surface area (Å²) in [6.07, 6.45) is 2.63. The van der Waals surface area contributed by atoms with Gasteiger partial charge in [0.15, 0.2) is 11.5 Å². The van der Waals surface area contributed by atoms with E-state index >= 15 is 0 Å². The smallest absolute Gasteiger partial charge is 0.276 e. The number of ketones is 1. The Morgan fingerprint density at radius 1 is 1.17 bits per heavy atom. The van der Waals surface area contributed by atoms with Gasteiger partial charge in [0.2, 0.25) is 0 Å². The number of nitrogens with zero attached hydrogens (tertiary/aromatic N) is 2. The van der Waals surface area contributed by atoms with Crippen LogP contribution in [0.3, 0.4) is 0 Å². The lowest BCUT2D eigenvalue weighted by Crippen LogP contribution is -2.13. The van der Waals surface area contributed by atoms with Crippen LogP contribution in [0.4, 0.5) is 5.69 Å². The Kier molecular flexibility index (Phi) is 3.93. The van der Waals surface area contributed by atoms with Crippen molar-refractivity contribution < 1.29 is 9.59 Å². The van der Waals surface area contributed by atoms with E-state index in [4.69, 9.17) is 0 Å². The fourth-order valence-corrected chi connectivity index (χ4v) is 2.52. The highest BCUT2D eigenvalue weighted by Gasteiger charge is 2.16. The summed E-state index contributed by atoms with van der Waals surface area (Å²) in [7, 11) is 0. The molecule has 0 unspecified atom stereocenters. The normalized spacial score (nSPS) is 10.7. The largest absolute Gasteiger partial charge is 0.321 e. The first kappa shape index (κ1) is 15.0. The number of hydrogen-bond donors (Lipinski definition) is 1. The van der Waals surface area contributed by atoms with Crippen molar-refractivity contribution in [3.05, 3.63) is 65.7 Å². The minimum atomic E-state index is -0.283. The van der Waals surface area contributed by atoms with Crippen molar-refractivity contribution in [1.29, 1.82) is 0 Å². The highest BCUT2D eigenvalue weighted by molar-refractivity contribution is 6.08. The third-order valence-corrected chi connectivity index (χ3v) is 3.68. The maximum Gasteiger partial charge on any atom is 0.276 e. The van der Waals surface area contributed by atoms with Crippen molar-refractivity contribution in [1.82, 2.24) is 9.38 Å². The molecule has 0 atom stereocenters. The van der Waals surface area contributed by atoms with Gasteiger partial charge >= 0.3 is 0 Å². The van der Waals surface area contributed by atoms with Gasteiger partial charge in [0, 0.05) is 23.9 Å². The summed E-state index contributed by atoms with van der Waals surface area (Å²) >= 11 is 0. The molecule has 5 nitrogen and oxygen atoms in total. The number of fused-ring (bicyclic) bond motifs is 1. The molecule has 0 spiro atoms. The van der Waals surface area contributed by atoms with Gasteiger partial charge in [-0.2, -0.15) is 0 Å². The molecule has 0 bridgehead atoms. The number of aryl methyl sites for hydroxylation is 1. The monoisotopic (exact) mass is 307 g/mol. The van der Waals surface area contributed by atoms with Crippen LogP contribution in [0.25, 0.3) is 5.52 Å². The zero-order chi connectivity index (χ0) is 16.4. The molecule has 0 radical (unpaired) electrons. The molecular formula is C18H17N3O2. The maximum absolute atomic E-state index is 12.6. The molecule has 1 N–H and O–H groups in total. The molecule has 2 heterocycles. The molecule has 5 heteroatoms. The summed E-state index contributed by atoms with van der Waals surface area (Å²) in [5.74, 6) is 0.513. The van der Waals surface area contributed by atoms with Gasteiger partial charge in [-0.3, -0.25) is 9.59 Å². The second-order valence-corrected chi connectivity index (χ2v) is 5.28. The number of nitrogens with one attached hydrogen (secondary N) is 1. The molecule has 3 aromatic rings. The Labute approximate surface area is 134 Å². The summed E-state index contributed by atoms with van der Waals surface area (Å²) in [5.41, 5.74) is 2.30. The number of benzene rings is 1. The molecular weight excluding hydrogens is 290 g/mol. The number of hydrogen-bond acceptors (Lipinski definition) is 3. The van der Waals surface area contributed by atoms with Crippen LogP contribution in [0.15, 0.2) is 48.7 Å². The second-order valence-electron chi connectivity index (χ2n) is 5.28. The van der Waals surface area contributed by atoms with Crippen molar-refractivity contribution in [2.75, 3.05) is 5.32 Å². The molecule has 2 aromatic heterocycles. The average molecular weight is 307 g/mol. The van der Waals surface area contributed by atoms with Crippen LogP contribution in [0.5, 0.6) is 0 Å². The van der Waals surface area contributed by atoms with Crippen molar-refractivity contribution in [2.45, 2.75) is 20.3 Å². The van der Waals surface area contributed by atoms with E-state index in [1.807, 2.05) is 35.7 Å². The predicted molar refractivity (Wildman–Crippen MR) is 89.0 cm³/mol. The zero-order valence-corrected chi connectivity index (χ0v) is 13.0. The van der Waals surface area contributed by atoms with E-state index in [1.54, 1.807) is 24.3 Å². The fourth-order valence-electron chi connectivity index (χ4n) is 2.52. The van der Waals surface area contributed by atoms with E-state index in [0.717, 1.165) is 17.8 Å². The van der Waals surface area contributed by atoms with Crippen LogP contribution in [0.1, 0.15) is 40.5 Å². The molecule has 0 aliphatic heterocycles. The second kappa shape index (κ2) is 6.04. The van der Waals surface area contributed by atoms with Crippen LogP contribution >= 0.6 is 0 Å². The SMILES string of the molecule is CCc1nc(C(=O)Nc2cccc(C(C)=O)c2)c2ccccn12. The van der Waals surface area contributed by atoms with E-state index in [0.29, 0.717) is 16.9 Å². The first-order valence-electron chi connectivity index (χ1n) is 7.48. The molecule has 3 rings (SSSR count). The van der Waals surface area contributed by atoms with Gasteiger partial charge in [0.1, 0.15) is 5.82 Å². The Balaban J connectivity index is 1.95. The average Bonchev–Trinajstić information content (AvgIpc) is 2.94. The van der Waals surface area contributed by atoms with Crippen LogP contribution in [0, 0.1) is 0 Å². The summed E-state index contributed by atoms with van der Waals surface area (Å²) in [4.78, 5) is 28.5. The van der Waals surface area contributed by atoms with Crippen molar-refractivity contribution in [3.8, 4) is 0 Å². The fraction of sp³-hybridized carbons (Fsp3) is 0.167. The van der Waals surface area contributed by atoms with Crippen molar-refractivity contribution in [3.63, 3.8) is 0 Å². The number of pyridine rings is 1. The van der Waals surface area contributed by atoms with E-state index < -0.39 is 0 Å². The number of Topliss-reactive ketones (excluding diaryl/α,β-unsaturated/α-hetero) is 1. The quantitative estimate of drug-likeness (QED) is 0.752. The lowest BCUT2D eigenvalue weighted by atomic mass is 10.1. The van der Waals surface area contributed by atoms with Gasteiger partial charge in [-0.05, 0) is 31.2 Å². The van der Waals surface area contributed by atoms with Gasteiger partial charge in [-0.25, -0.2) is 4.98 Å². The third kappa shape index (κ3) is 2.85. The van der Waals surface area contributed by atoms with Gasteiger partial charge in [-0.1, -0.05) is 25.1 Å². The molecule has 1 aromatic carbocycles. The van der Waals surface area contributed by atoms with Crippen LogP contribution in [0.2, 0.25) is 0 Å². The standard InChI is InChI=1S/C18H17N3O2/c1-3-16-20-17(15-9-4-5-10-21(15)16)18(23)19-14-8-6-7-13(11-14)12(2)22/h4-11H,3H2,1-2H3,(H,19,23). The Morgan fingerprint density at radius 2 is 2.00 bits per heavy atom. The van der Waals surface area contributed by atoms with E-state index in [2.05, 4.69) is 10.3 Å². The Hall–Kier alpha value is -2.95.